The molecule has 30 atom stereocenters. The molecule has 0 aliphatic carbocycles. The van der Waals surface area contributed by atoms with Crippen molar-refractivity contribution in [3.05, 3.63) is 0 Å². The molecular formula is C59H106N2O32S5. The SMILES string of the molecule is OCC1O[C@@H](SCCCOCCC(CNC(=S)NCCSCC2O[C@@H]3OCCCCCC2[C@H](O)C3O)(COCCCS[C@@H]2OC(CO)[C@@H](O[C@@H]3OC(CO)[C@H](O)[C@H](O)C3O)[C@H](O)C2O)COCCCS[C@@H]2OC(CO)[C@@H](O[C@@H]3OC(CO)[C@H](O)[C@H](O)C3O)[C@H](O)C2O)C(O)[C@@H](O)[C@@H]1O. The van der Waals surface area contributed by atoms with Crippen LogP contribution in [0.2, 0.25) is 0 Å². The molecule has 574 valence electrons. The molecule has 0 spiro atoms. The summed E-state index contributed by atoms with van der Waals surface area (Å²) in [6.07, 6.45) is -32.8. The Labute approximate surface area is 590 Å². The molecule has 8 rings (SSSR count). The van der Waals surface area contributed by atoms with Gasteiger partial charge < -0.3 is 170 Å². The van der Waals surface area contributed by atoms with Gasteiger partial charge in [0, 0.05) is 69.0 Å². The van der Waals surface area contributed by atoms with Crippen LogP contribution >= 0.6 is 59.3 Å². The maximum absolute atomic E-state index is 11.2. The Morgan fingerprint density at radius 3 is 1.37 bits per heavy atom. The molecule has 22 N–H and O–H groups in total. The molecule has 0 aromatic rings. The Morgan fingerprint density at radius 1 is 0.429 bits per heavy atom. The van der Waals surface area contributed by atoms with Gasteiger partial charge in [0.05, 0.1) is 58.5 Å². The summed E-state index contributed by atoms with van der Waals surface area (Å²) in [7, 11) is 0. The Hall–Kier alpha value is -0.190. The summed E-state index contributed by atoms with van der Waals surface area (Å²) in [5.41, 5.74) is -4.00. The maximum Gasteiger partial charge on any atom is 0.187 e. The van der Waals surface area contributed by atoms with E-state index in [0.717, 1.165) is 42.8 Å². The maximum atomic E-state index is 11.2. The Morgan fingerprint density at radius 2 is 0.878 bits per heavy atom. The molecule has 0 aromatic heterocycles. The number of thioether (sulfide) groups is 4. The quantitative estimate of drug-likeness (QED) is 0.0202. The van der Waals surface area contributed by atoms with E-state index in [2.05, 4.69) is 10.6 Å². The number of rotatable bonds is 38. The summed E-state index contributed by atoms with van der Waals surface area (Å²) in [6, 6.07) is 0. The van der Waals surface area contributed by atoms with E-state index in [1.54, 1.807) is 11.8 Å². The van der Waals surface area contributed by atoms with Crippen LogP contribution in [0.1, 0.15) is 51.4 Å². The summed E-state index contributed by atoms with van der Waals surface area (Å²) >= 11 is 10.8. The first-order chi connectivity index (χ1) is 47.0. The van der Waals surface area contributed by atoms with E-state index < -0.39 is 208 Å². The van der Waals surface area contributed by atoms with Gasteiger partial charge >= 0.3 is 0 Å². The summed E-state index contributed by atoms with van der Waals surface area (Å²) < 4.78 is 70.8. The van der Waals surface area contributed by atoms with Crippen LogP contribution in [0.4, 0.5) is 0 Å². The van der Waals surface area contributed by atoms with E-state index in [1.165, 1.54) is 11.8 Å². The molecule has 13 unspecified atom stereocenters. The second kappa shape index (κ2) is 43.0. The predicted molar refractivity (Wildman–Crippen MR) is 352 cm³/mol. The van der Waals surface area contributed by atoms with E-state index >= 15 is 0 Å². The van der Waals surface area contributed by atoms with Crippen LogP contribution in [0.3, 0.4) is 0 Å². The van der Waals surface area contributed by atoms with Gasteiger partial charge in [-0.05, 0) is 68.0 Å². The first-order valence-corrected chi connectivity index (χ1v) is 38.0. The van der Waals surface area contributed by atoms with E-state index in [1.807, 2.05) is 0 Å². The number of nitrogens with one attached hydrogen (secondary N) is 2. The van der Waals surface area contributed by atoms with Crippen LogP contribution in [0, 0.1) is 11.3 Å². The zero-order valence-corrected chi connectivity index (χ0v) is 58.4. The smallest absolute Gasteiger partial charge is 0.187 e. The van der Waals surface area contributed by atoms with Crippen LogP contribution in [0.15, 0.2) is 0 Å². The summed E-state index contributed by atoms with van der Waals surface area (Å²) in [5.74, 6) is 1.86. The molecule has 0 amide bonds. The lowest BCUT2D eigenvalue weighted by molar-refractivity contribution is -0.338. The topological polar surface area (TPSA) is 539 Å². The molecule has 8 aliphatic rings. The monoisotopic (exact) mass is 1510 g/mol. The molecule has 0 radical (unpaired) electrons. The van der Waals surface area contributed by atoms with Gasteiger partial charge in [-0.3, -0.25) is 0 Å². The van der Waals surface area contributed by atoms with Gasteiger partial charge in [-0.2, -0.15) is 11.8 Å². The summed E-state index contributed by atoms with van der Waals surface area (Å²) in [4.78, 5) is 0. The van der Waals surface area contributed by atoms with Gasteiger partial charge in [0.1, 0.15) is 144 Å². The number of aliphatic hydroxyl groups is 20. The molecule has 8 aliphatic heterocycles. The van der Waals surface area contributed by atoms with Crippen LogP contribution in [-0.4, -0.2) is 404 Å². The lowest BCUT2D eigenvalue weighted by Gasteiger charge is -2.46. The van der Waals surface area contributed by atoms with Crippen molar-refractivity contribution in [2.75, 3.05) is 121 Å². The molecule has 8 saturated heterocycles. The van der Waals surface area contributed by atoms with E-state index in [0.29, 0.717) is 79.1 Å². The van der Waals surface area contributed by atoms with Crippen LogP contribution in [-0.2, 0) is 56.8 Å². The third kappa shape index (κ3) is 23.4. The van der Waals surface area contributed by atoms with Gasteiger partial charge in [0.2, 0.25) is 0 Å². The number of hydrogen-bond donors (Lipinski definition) is 22. The molecule has 2 bridgehead atoms. The van der Waals surface area contributed by atoms with Crippen molar-refractivity contribution in [2.24, 2.45) is 11.3 Å². The second-order valence-electron chi connectivity index (χ2n) is 25.4. The predicted octanol–water partition coefficient (Wildman–Crippen LogP) is -8.32. The number of hydrogen-bond acceptors (Lipinski definition) is 37. The van der Waals surface area contributed by atoms with E-state index in [9.17, 15) is 102 Å². The highest BCUT2D eigenvalue weighted by Crippen LogP contribution is 2.38. The average molecular weight is 1520 g/mol. The standard InChI is InChI=1S/C59H106N2O32S5/c62-19-29-36(68)39(71)45(77)53(86-29)92-50-32(22-65)90-56(48(80)42(50)74)97-16-5-11-83-26-59(8-14-82-10-4-15-96-55-47(79)41(73)38(70)31(21-64)89-55,25-61-58(94)60-9-18-95-24-34-28-7-2-1-3-13-85-52(88-34)44(76)35(28)67)27-84-12-6-17-98-57-49(81)43(75)51(33(23-66)91-57)93-54-46(78)40(72)37(69)30(20-63)87-54/h28-57,62-81H,1-27H2,(H2,60,61,94)/t28?,29?,30?,31?,32?,33?,34?,35-,36-,37-,38+,39-,40-,41-,42+,43+,44?,45?,46?,47?,48?,49?,50+,51+,52-,53-,54-,55-,56-,57-,59?/m0/s1. The fourth-order valence-electron chi connectivity index (χ4n) is 12.3. The molecule has 98 heavy (non-hydrogen) atoms. The minimum absolute atomic E-state index is 0.0573. The molecular weight excluding hydrogens is 1410 g/mol. The molecule has 39 heteroatoms. The Bertz CT molecular complexity index is 2140. The third-order valence-electron chi connectivity index (χ3n) is 18.3. The minimum Gasteiger partial charge on any atom is -0.394 e. The zero-order chi connectivity index (χ0) is 71.2. The highest BCUT2D eigenvalue weighted by molar-refractivity contribution is 8.00. The number of ether oxygens (including phenoxy) is 12. The van der Waals surface area contributed by atoms with Crippen LogP contribution in [0.5, 0.6) is 0 Å². The van der Waals surface area contributed by atoms with Crippen LogP contribution in [0.25, 0.3) is 0 Å². The highest BCUT2D eigenvalue weighted by Gasteiger charge is 2.53. The van der Waals surface area contributed by atoms with Crippen molar-refractivity contribution in [3.63, 3.8) is 0 Å². The Balaban J connectivity index is 0.971. The highest BCUT2D eigenvalue weighted by atomic mass is 32.2. The lowest BCUT2D eigenvalue weighted by Crippen LogP contribution is -2.64. The fraction of sp³-hybridized carbons (Fsp3) is 0.983. The van der Waals surface area contributed by atoms with Gasteiger partial charge in [0.25, 0.3) is 0 Å². The first-order valence-electron chi connectivity index (χ1n) is 33.3. The largest absolute Gasteiger partial charge is 0.394 e. The van der Waals surface area contributed by atoms with E-state index in [4.69, 9.17) is 69.1 Å². The number of fused-ring (bicyclic) bond motifs is 7. The van der Waals surface area contributed by atoms with Crippen molar-refractivity contribution in [2.45, 2.75) is 227 Å². The molecule has 34 nitrogen and oxygen atoms in total. The molecule has 8 heterocycles. The van der Waals surface area contributed by atoms with Crippen molar-refractivity contribution in [1.29, 1.82) is 0 Å². The minimum atomic E-state index is -1.83. The number of aliphatic hydroxyl groups excluding tert-OH is 20. The van der Waals surface area contributed by atoms with Crippen molar-refractivity contribution < 1.29 is 159 Å². The number of thiocarbonyl (C=S) groups is 1. The zero-order valence-electron chi connectivity index (χ0n) is 54.3. The van der Waals surface area contributed by atoms with E-state index in [-0.39, 0.29) is 58.2 Å². The lowest BCUT2D eigenvalue weighted by atomic mass is 9.85. The first kappa shape index (κ1) is 85.1. The fourth-order valence-corrected chi connectivity index (χ4v) is 16.7. The molecule has 0 aromatic carbocycles. The second-order valence-corrected chi connectivity index (χ2v) is 30.6. The van der Waals surface area contributed by atoms with Gasteiger partial charge in [0.15, 0.2) is 24.0 Å². The van der Waals surface area contributed by atoms with Crippen molar-refractivity contribution in [3.8, 4) is 0 Å². The van der Waals surface area contributed by atoms with Crippen molar-refractivity contribution in [1.82, 2.24) is 10.6 Å². The summed E-state index contributed by atoms with van der Waals surface area (Å²) in [6.45, 7) is -1.64. The van der Waals surface area contributed by atoms with Gasteiger partial charge in [-0.15, -0.1) is 35.3 Å². The normalized spacial score (nSPS) is 41.8. The van der Waals surface area contributed by atoms with Gasteiger partial charge in [-0.1, -0.05) is 12.8 Å². The van der Waals surface area contributed by atoms with Crippen molar-refractivity contribution >= 4 is 64.4 Å². The molecule has 0 saturated carbocycles. The Kier molecular flexibility index (Phi) is 37.3. The van der Waals surface area contributed by atoms with Gasteiger partial charge in [-0.25, -0.2) is 0 Å². The average Bonchev–Trinajstić information content (AvgIpc) is 0.791. The third-order valence-corrected chi connectivity index (χ3v) is 23.3. The van der Waals surface area contributed by atoms with Crippen LogP contribution < -0.4 is 10.6 Å². The molecule has 8 fully saturated rings. The summed E-state index contributed by atoms with van der Waals surface area (Å²) in [5, 5.41) is 216.